The summed E-state index contributed by atoms with van der Waals surface area (Å²) in [6, 6.07) is 4.67. The Morgan fingerprint density at radius 2 is 2.14 bits per heavy atom. The van der Waals surface area contributed by atoms with Crippen LogP contribution < -0.4 is 15.5 Å². The van der Waals surface area contributed by atoms with Gasteiger partial charge in [-0.1, -0.05) is 12.1 Å². The van der Waals surface area contributed by atoms with E-state index in [4.69, 9.17) is 4.74 Å². The molecule has 0 bridgehead atoms. The first-order valence-electron chi connectivity index (χ1n) is 11.3. The van der Waals surface area contributed by atoms with Gasteiger partial charge in [-0.2, -0.15) is 19.0 Å². The Morgan fingerprint density at radius 1 is 1.40 bits per heavy atom. The predicted octanol–water partition coefficient (Wildman–Crippen LogP) is 4.37. The molecule has 2 heterocycles. The molecule has 1 aliphatic carbocycles. The smallest absolute Gasteiger partial charge is 0.428 e. The van der Waals surface area contributed by atoms with E-state index >= 15 is 0 Å². The standard InChI is InChI=1S/C23H26BrF2N5O4/c1-13(28-20(32)15-11-27-31(2)12-15)10-14-6-8-23(9-7-14)19(29-30-22(33)35-23)16-4-3-5-17(18(16)24)34-21(25)26/h3-5,11-14,21H,6-10H2,1-2H3,(H,28,32)(H,30,33)/t13-,14?,23?/m0/s1. The number of hydrazone groups is 1. The van der Waals surface area contributed by atoms with Crippen molar-refractivity contribution < 1.29 is 27.8 Å². The van der Waals surface area contributed by atoms with E-state index in [2.05, 4.69) is 41.6 Å². The van der Waals surface area contributed by atoms with E-state index in [0.717, 1.165) is 19.3 Å². The molecule has 0 saturated heterocycles. The Morgan fingerprint density at radius 3 is 2.80 bits per heavy atom. The molecule has 2 N–H and O–H groups in total. The summed E-state index contributed by atoms with van der Waals surface area (Å²) in [4.78, 5) is 24.5. The van der Waals surface area contributed by atoms with Crippen molar-refractivity contribution in [1.82, 2.24) is 20.5 Å². The van der Waals surface area contributed by atoms with Gasteiger partial charge in [-0.3, -0.25) is 9.48 Å². The highest BCUT2D eigenvalue weighted by atomic mass is 79.9. The second kappa shape index (κ2) is 10.3. The topological polar surface area (TPSA) is 107 Å². The van der Waals surface area contributed by atoms with Gasteiger partial charge in [-0.05, 0) is 66.9 Å². The van der Waals surface area contributed by atoms with Gasteiger partial charge >= 0.3 is 12.7 Å². The molecule has 2 amide bonds. The monoisotopic (exact) mass is 553 g/mol. The number of amides is 2. The highest BCUT2D eigenvalue weighted by molar-refractivity contribution is 9.10. The number of aromatic nitrogens is 2. The number of aryl methyl sites for hydroxylation is 1. The lowest BCUT2D eigenvalue weighted by Gasteiger charge is -2.42. The molecule has 1 aliphatic heterocycles. The van der Waals surface area contributed by atoms with Crippen molar-refractivity contribution in [1.29, 1.82) is 0 Å². The molecule has 2 aliphatic rings. The largest absolute Gasteiger partial charge is 0.435 e. The number of carbonyl (C=O) groups is 2. The first kappa shape index (κ1) is 25.1. The summed E-state index contributed by atoms with van der Waals surface area (Å²) < 4.78 is 37.9. The van der Waals surface area contributed by atoms with E-state index in [1.54, 1.807) is 30.1 Å². The molecule has 0 unspecified atom stereocenters. The van der Waals surface area contributed by atoms with Crippen molar-refractivity contribution in [3.63, 3.8) is 0 Å². The maximum Gasteiger partial charge on any atom is 0.428 e. The zero-order valence-corrected chi connectivity index (χ0v) is 20.8. The molecule has 1 fully saturated rings. The van der Waals surface area contributed by atoms with Crippen molar-refractivity contribution in [3.8, 4) is 5.75 Å². The summed E-state index contributed by atoms with van der Waals surface area (Å²) in [5, 5.41) is 11.3. The van der Waals surface area contributed by atoms with Crippen LogP contribution >= 0.6 is 15.9 Å². The zero-order chi connectivity index (χ0) is 25.2. The van der Waals surface area contributed by atoms with Crippen LogP contribution in [0.15, 0.2) is 40.2 Å². The second-order valence-electron chi connectivity index (χ2n) is 8.91. The predicted molar refractivity (Wildman–Crippen MR) is 126 cm³/mol. The molecule has 9 nitrogen and oxygen atoms in total. The van der Waals surface area contributed by atoms with Crippen LogP contribution in [0.1, 0.15) is 54.9 Å². The molecule has 1 aromatic carbocycles. The van der Waals surface area contributed by atoms with E-state index in [9.17, 15) is 18.4 Å². The number of hydrogen-bond donors (Lipinski definition) is 2. The summed E-state index contributed by atoms with van der Waals surface area (Å²) in [6.07, 6.45) is 5.81. The number of halogens is 3. The van der Waals surface area contributed by atoms with E-state index in [1.807, 2.05) is 6.92 Å². The molecule has 1 aromatic heterocycles. The lowest BCUT2D eigenvalue weighted by Crippen LogP contribution is -2.52. The van der Waals surface area contributed by atoms with E-state index < -0.39 is 18.3 Å². The van der Waals surface area contributed by atoms with E-state index in [1.165, 1.54) is 12.3 Å². The fourth-order valence-corrected chi connectivity index (χ4v) is 5.31. The average Bonchev–Trinajstić information content (AvgIpc) is 3.24. The van der Waals surface area contributed by atoms with Gasteiger partial charge in [0.05, 0.1) is 16.2 Å². The van der Waals surface area contributed by atoms with Crippen molar-refractivity contribution in [3.05, 3.63) is 46.2 Å². The molecular weight excluding hydrogens is 528 g/mol. The summed E-state index contributed by atoms with van der Waals surface area (Å²) in [5.74, 6) is 0.103. The quantitative estimate of drug-likeness (QED) is 0.529. The first-order chi connectivity index (χ1) is 16.7. The van der Waals surface area contributed by atoms with Crippen molar-refractivity contribution in [2.24, 2.45) is 18.1 Å². The Balaban J connectivity index is 1.44. The minimum absolute atomic E-state index is 0.0286. The number of carbonyl (C=O) groups excluding carboxylic acids is 2. The molecule has 1 atom stereocenters. The first-order valence-corrected chi connectivity index (χ1v) is 12.1. The number of benzene rings is 1. The van der Waals surface area contributed by atoms with Crippen molar-refractivity contribution in [2.45, 2.75) is 57.3 Å². The van der Waals surface area contributed by atoms with Crippen molar-refractivity contribution in [2.75, 3.05) is 0 Å². The molecule has 1 saturated carbocycles. The number of rotatable bonds is 7. The molecule has 12 heteroatoms. The second-order valence-corrected chi connectivity index (χ2v) is 9.70. The third-order valence-corrected chi connectivity index (χ3v) is 7.18. The summed E-state index contributed by atoms with van der Waals surface area (Å²) in [7, 11) is 1.75. The highest BCUT2D eigenvalue weighted by Gasteiger charge is 2.47. The van der Waals surface area contributed by atoms with Crippen LogP contribution in [0.3, 0.4) is 0 Å². The SMILES string of the molecule is C[C@@H](CC1CCC2(CC1)OC(=O)NN=C2c1cccc(OC(F)F)c1Br)NC(=O)c1cnn(C)c1. The number of hydrogen-bond acceptors (Lipinski definition) is 6. The van der Waals surface area contributed by atoms with Crippen LogP contribution in [0.5, 0.6) is 5.75 Å². The van der Waals surface area contributed by atoms with Crippen LogP contribution in [0.2, 0.25) is 0 Å². The minimum atomic E-state index is -2.98. The van der Waals surface area contributed by atoms with Crippen LogP contribution in [0.25, 0.3) is 0 Å². The minimum Gasteiger partial charge on any atom is -0.435 e. The van der Waals surface area contributed by atoms with E-state index in [0.29, 0.717) is 40.1 Å². The lowest BCUT2D eigenvalue weighted by molar-refractivity contribution is -0.0503. The van der Waals surface area contributed by atoms with Gasteiger partial charge in [0, 0.05) is 24.8 Å². The van der Waals surface area contributed by atoms with Gasteiger partial charge in [0.15, 0.2) is 5.60 Å². The number of nitrogens with zero attached hydrogens (tertiary/aromatic N) is 3. The Labute approximate surface area is 209 Å². The van der Waals surface area contributed by atoms with Crippen LogP contribution in [0, 0.1) is 5.92 Å². The van der Waals surface area contributed by atoms with Gasteiger partial charge in [0.25, 0.3) is 5.91 Å². The maximum absolute atomic E-state index is 12.8. The molecular formula is C23H26BrF2N5O4. The molecule has 2 aromatic rings. The third-order valence-electron chi connectivity index (χ3n) is 6.36. The van der Waals surface area contributed by atoms with Gasteiger partial charge in [0.2, 0.25) is 0 Å². The Hall–Kier alpha value is -3.02. The summed E-state index contributed by atoms with van der Waals surface area (Å²) in [5.41, 5.74) is 2.83. The van der Waals surface area contributed by atoms with Gasteiger partial charge in [-0.15, -0.1) is 0 Å². The summed E-state index contributed by atoms with van der Waals surface area (Å²) >= 11 is 3.35. The van der Waals surface area contributed by atoms with Crippen LogP contribution in [-0.4, -0.2) is 45.7 Å². The third kappa shape index (κ3) is 5.63. The maximum atomic E-state index is 12.8. The van der Waals surface area contributed by atoms with Gasteiger partial charge in [0.1, 0.15) is 11.5 Å². The van der Waals surface area contributed by atoms with Crippen LogP contribution in [-0.2, 0) is 11.8 Å². The average molecular weight is 554 g/mol. The number of alkyl halides is 2. The Bertz CT molecular complexity index is 1130. The molecule has 4 rings (SSSR count). The normalized spacial score (nSPS) is 22.9. The van der Waals surface area contributed by atoms with Gasteiger partial charge < -0.3 is 14.8 Å². The summed E-state index contributed by atoms with van der Waals surface area (Å²) in [6.45, 7) is -1.02. The lowest BCUT2D eigenvalue weighted by atomic mass is 9.73. The molecule has 1 spiro atoms. The fraction of sp³-hybridized carbons (Fsp3) is 0.478. The van der Waals surface area contributed by atoms with E-state index in [-0.39, 0.29) is 17.7 Å². The number of ether oxygens (including phenoxy) is 2. The highest BCUT2D eigenvalue weighted by Crippen LogP contribution is 2.42. The van der Waals surface area contributed by atoms with Crippen molar-refractivity contribution >= 4 is 33.6 Å². The number of nitrogens with one attached hydrogen (secondary N) is 2. The molecule has 35 heavy (non-hydrogen) atoms. The Kier molecular flexibility index (Phi) is 7.39. The fourth-order valence-electron chi connectivity index (χ4n) is 4.76. The van der Waals surface area contributed by atoms with Gasteiger partial charge in [-0.25, -0.2) is 10.2 Å². The molecule has 188 valence electrons. The zero-order valence-electron chi connectivity index (χ0n) is 19.3. The molecule has 0 radical (unpaired) electrons. The van der Waals surface area contributed by atoms with Crippen LogP contribution in [0.4, 0.5) is 13.6 Å².